The van der Waals surface area contributed by atoms with Gasteiger partial charge in [-0.25, -0.2) is 0 Å². The minimum atomic E-state index is -1.01. The first kappa shape index (κ1) is 14.6. The molecule has 0 fully saturated rings. The highest BCUT2D eigenvalue weighted by molar-refractivity contribution is 9.10. The molecule has 1 rings (SSSR count). The maximum atomic E-state index is 10.5. The summed E-state index contributed by atoms with van der Waals surface area (Å²) in [5, 5.41) is 14.8. The van der Waals surface area contributed by atoms with E-state index in [1.165, 1.54) is 0 Å². The standard InChI is InChI=1S/C11H21BrN4O/c1-4-11(17,8-13)10-9(12)7-14-16(10)6-5-15(2)3/h7,17H,4-6,8,13H2,1-3H3. The van der Waals surface area contributed by atoms with Crippen molar-refractivity contribution in [3.8, 4) is 0 Å². The van der Waals surface area contributed by atoms with E-state index < -0.39 is 5.60 Å². The van der Waals surface area contributed by atoms with Gasteiger partial charge in [0.25, 0.3) is 0 Å². The van der Waals surface area contributed by atoms with Gasteiger partial charge in [0.2, 0.25) is 0 Å². The molecule has 0 aliphatic rings. The summed E-state index contributed by atoms with van der Waals surface area (Å²) in [4.78, 5) is 2.08. The van der Waals surface area contributed by atoms with Crippen molar-refractivity contribution in [2.24, 2.45) is 5.73 Å². The number of hydrogen-bond acceptors (Lipinski definition) is 4. The summed E-state index contributed by atoms with van der Waals surface area (Å²) in [5.41, 5.74) is 5.44. The largest absolute Gasteiger partial charge is 0.382 e. The number of nitrogens with zero attached hydrogens (tertiary/aromatic N) is 3. The van der Waals surface area contributed by atoms with Crippen molar-refractivity contribution in [2.75, 3.05) is 27.2 Å². The SMILES string of the molecule is CCC(O)(CN)c1c(Br)cnn1CCN(C)C. The number of hydrogen-bond donors (Lipinski definition) is 2. The van der Waals surface area contributed by atoms with Crippen LogP contribution in [0.4, 0.5) is 0 Å². The fourth-order valence-corrected chi connectivity index (χ4v) is 2.36. The van der Waals surface area contributed by atoms with Gasteiger partial charge in [0, 0.05) is 13.1 Å². The van der Waals surface area contributed by atoms with E-state index >= 15 is 0 Å². The number of halogens is 1. The van der Waals surface area contributed by atoms with Crippen molar-refractivity contribution >= 4 is 15.9 Å². The maximum Gasteiger partial charge on any atom is 0.119 e. The molecular weight excluding hydrogens is 284 g/mol. The summed E-state index contributed by atoms with van der Waals surface area (Å²) in [6.45, 7) is 3.71. The van der Waals surface area contributed by atoms with Gasteiger partial charge < -0.3 is 15.7 Å². The summed E-state index contributed by atoms with van der Waals surface area (Å²) < 4.78 is 2.63. The lowest BCUT2D eigenvalue weighted by Crippen LogP contribution is -2.37. The molecule has 1 aromatic heterocycles. The van der Waals surface area contributed by atoms with Crippen molar-refractivity contribution in [2.45, 2.75) is 25.5 Å². The van der Waals surface area contributed by atoms with Gasteiger partial charge in [0.15, 0.2) is 0 Å². The van der Waals surface area contributed by atoms with E-state index in [1.54, 1.807) is 6.20 Å². The Balaban J connectivity index is 3.01. The fraction of sp³-hybridized carbons (Fsp3) is 0.727. The Morgan fingerprint density at radius 1 is 1.59 bits per heavy atom. The maximum absolute atomic E-state index is 10.5. The van der Waals surface area contributed by atoms with Gasteiger partial charge >= 0.3 is 0 Å². The van der Waals surface area contributed by atoms with Crippen molar-refractivity contribution in [3.63, 3.8) is 0 Å². The Bertz CT molecular complexity index is 360. The van der Waals surface area contributed by atoms with E-state index in [2.05, 4.69) is 25.9 Å². The summed E-state index contributed by atoms with van der Waals surface area (Å²) in [6, 6.07) is 0. The van der Waals surface area contributed by atoms with E-state index in [0.717, 1.165) is 23.3 Å². The quantitative estimate of drug-likeness (QED) is 0.814. The van der Waals surface area contributed by atoms with Crippen LogP contribution in [0.5, 0.6) is 0 Å². The molecule has 0 bridgehead atoms. The fourth-order valence-electron chi connectivity index (χ4n) is 1.70. The lowest BCUT2D eigenvalue weighted by Gasteiger charge is -2.27. The van der Waals surface area contributed by atoms with Gasteiger partial charge in [-0.05, 0) is 36.4 Å². The van der Waals surface area contributed by atoms with Crippen LogP contribution in [0.3, 0.4) is 0 Å². The zero-order valence-electron chi connectivity index (χ0n) is 10.6. The zero-order valence-corrected chi connectivity index (χ0v) is 12.2. The lowest BCUT2D eigenvalue weighted by atomic mass is 9.96. The molecule has 0 amide bonds. The van der Waals surface area contributed by atoms with Crippen LogP contribution in [0.2, 0.25) is 0 Å². The van der Waals surface area contributed by atoms with Crippen LogP contribution in [-0.2, 0) is 12.1 Å². The highest BCUT2D eigenvalue weighted by atomic mass is 79.9. The van der Waals surface area contributed by atoms with Crippen molar-refractivity contribution in [1.29, 1.82) is 0 Å². The molecule has 0 saturated carbocycles. The van der Waals surface area contributed by atoms with Crippen LogP contribution >= 0.6 is 15.9 Å². The van der Waals surface area contributed by atoms with E-state index in [9.17, 15) is 5.11 Å². The van der Waals surface area contributed by atoms with Crippen LogP contribution in [-0.4, -0.2) is 47.0 Å². The zero-order chi connectivity index (χ0) is 13.1. The molecule has 0 aromatic carbocycles. The van der Waals surface area contributed by atoms with Gasteiger partial charge in [0.05, 0.1) is 22.9 Å². The van der Waals surface area contributed by atoms with Gasteiger partial charge in [-0.2, -0.15) is 5.10 Å². The Morgan fingerprint density at radius 3 is 2.71 bits per heavy atom. The summed E-state index contributed by atoms with van der Waals surface area (Å²) >= 11 is 3.43. The van der Waals surface area contributed by atoms with Crippen LogP contribution in [0.1, 0.15) is 19.0 Å². The van der Waals surface area contributed by atoms with Gasteiger partial charge in [-0.1, -0.05) is 6.92 Å². The second kappa shape index (κ2) is 5.95. The van der Waals surface area contributed by atoms with Crippen LogP contribution < -0.4 is 5.73 Å². The second-order valence-corrected chi connectivity index (χ2v) is 5.31. The summed E-state index contributed by atoms with van der Waals surface area (Å²) in [6.07, 6.45) is 2.27. The van der Waals surface area contributed by atoms with E-state index in [-0.39, 0.29) is 6.54 Å². The van der Waals surface area contributed by atoms with Crippen LogP contribution in [0.25, 0.3) is 0 Å². The monoisotopic (exact) mass is 304 g/mol. The highest BCUT2D eigenvalue weighted by Gasteiger charge is 2.31. The molecule has 0 aliphatic carbocycles. The Kier molecular flexibility index (Phi) is 5.12. The average Bonchev–Trinajstić information content (AvgIpc) is 2.67. The molecule has 0 aliphatic heterocycles. The Labute approximate surface area is 111 Å². The van der Waals surface area contributed by atoms with E-state index in [1.807, 2.05) is 25.7 Å². The molecular formula is C11H21BrN4O. The van der Waals surface area contributed by atoms with Gasteiger partial charge in [0.1, 0.15) is 5.60 Å². The first-order chi connectivity index (χ1) is 7.94. The third kappa shape index (κ3) is 3.28. The summed E-state index contributed by atoms with van der Waals surface area (Å²) in [7, 11) is 4.01. The minimum absolute atomic E-state index is 0.190. The van der Waals surface area contributed by atoms with Crippen LogP contribution in [0.15, 0.2) is 10.7 Å². The predicted molar refractivity (Wildman–Crippen MR) is 71.7 cm³/mol. The Morgan fingerprint density at radius 2 is 2.24 bits per heavy atom. The van der Waals surface area contributed by atoms with Crippen molar-refractivity contribution in [1.82, 2.24) is 14.7 Å². The number of likely N-dealkylation sites (N-methyl/N-ethyl adjacent to an activating group) is 1. The number of aliphatic hydroxyl groups is 1. The van der Waals surface area contributed by atoms with Gasteiger partial charge in [-0.15, -0.1) is 0 Å². The molecule has 3 N–H and O–H groups in total. The normalized spacial score (nSPS) is 15.2. The molecule has 5 nitrogen and oxygen atoms in total. The van der Waals surface area contributed by atoms with Crippen molar-refractivity contribution < 1.29 is 5.11 Å². The molecule has 6 heteroatoms. The molecule has 0 radical (unpaired) electrons. The first-order valence-corrected chi connectivity index (χ1v) is 6.53. The van der Waals surface area contributed by atoms with Crippen LogP contribution in [0, 0.1) is 0 Å². The molecule has 1 atom stereocenters. The average molecular weight is 305 g/mol. The predicted octanol–water partition coefficient (Wildman–Crippen LogP) is 0.763. The molecule has 1 heterocycles. The van der Waals surface area contributed by atoms with Gasteiger partial charge in [-0.3, -0.25) is 4.68 Å². The lowest BCUT2D eigenvalue weighted by molar-refractivity contribution is 0.0314. The first-order valence-electron chi connectivity index (χ1n) is 5.73. The highest BCUT2D eigenvalue weighted by Crippen LogP contribution is 2.30. The van der Waals surface area contributed by atoms with E-state index in [0.29, 0.717) is 6.42 Å². The molecule has 98 valence electrons. The molecule has 0 spiro atoms. The third-order valence-corrected chi connectivity index (χ3v) is 3.50. The Hall–Kier alpha value is -0.430. The topological polar surface area (TPSA) is 67.3 Å². The second-order valence-electron chi connectivity index (χ2n) is 4.46. The van der Waals surface area contributed by atoms with E-state index in [4.69, 9.17) is 5.73 Å². The molecule has 17 heavy (non-hydrogen) atoms. The molecule has 1 aromatic rings. The minimum Gasteiger partial charge on any atom is -0.382 e. The molecule has 1 unspecified atom stereocenters. The molecule has 0 saturated heterocycles. The number of nitrogens with two attached hydrogens (primary N) is 1. The smallest absolute Gasteiger partial charge is 0.119 e. The van der Waals surface area contributed by atoms with Crippen molar-refractivity contribution in [3.05, 3.63) is 16.4 Å². The number of rotatable bonds is 6. The summed E-state index contributed by atoms with van der Waals surface area (Å²) in [5.74, 6) is 0. The third-order valence-electron chi connectivity index (χ3n) is 2.92. The number of aromatic nitrogens is 2.